The Kier molecular flexibility index (Phi) is 5.86. The van der Waals surface area contributed by atoms with Crippen molar-refractivity contribution in [2.75, 3.05) is 24.0 Å². The number of thioether (sulfide) groups is 1. The summed E-state index contributed by atoms with van der Waals surface area (Å²) < 4.78 is 26.7. The summed E-state index contributed by atoms with van der Waals surface area (Å²) in [5.41, 5.74) is 2.28. The molecule has 0 amide bonds. The lowest BCUT2D eigenvalue weighted by Crippen LogP contribution is -2.30. The van der Waals surface area contributed by atoms with Gasteiger partial charge in [0.15, 0.2) is 5.82 Å². The van der Waals surface area contributed by atoms with Gasteiger partial charge in [-0.15, -0.1) is 0 Å². The number of nitrogens with zero attached hydrogens (tertiary/aromatic N) is 1. The molecule has 0 aliphatic heterocycles. The molecule has 1 atom stereocenters. The van der Waals surface area contributed by atoms with Crippen molar-refractivity contribution in [1.29, 1.82) is 0 Å². The summed E-state index contributed by atoms with van der Waals surface area (Å²) >= 11 is 1.68. The maximum absolute atomic E-state index is 12.1. The molecule has 1 aromatic heterocycles. The lowest BCUT2D eigenvalue weighted by Gasteiger charge is -2.13. The van der Waals surface area contributed by atoms with Crippen LogP contribution in [0.2, 0.25) is 0 Å². The van der Waals surface area contributed by atoms with Crippen LogP contribution in [0.4, 0.5) is 5.82 Å². The topological polar surface area (TPSA) is 97.1 Å². The third kappa shape index (κ3) is 4.13. The highest BCUT2D eigenvalue weighted by atomic mass is 32.2. The van der Waals surface area contributed by atoms with Crippen molar-refractivity contribution in [3.63, 3.8) is 0 Å². The standard InChI is InChI=1S/C10H18N4O2S2/c1-8(7-17-2)6-13-18(15,16)9-4-3-5-12-10(9)14-11/h3-5,8,13H,6-7,11H2,1-2H3,(H,12,14). The fourth-order valence-electron chi connectivity index (χ4n) is 1.39. The van der Waals surface area contributed by atoms with E-state index in [1.165, 1.54) is 12.3 Å². The van der Waals surface area contributed by atoms with E-state index in [9.17, 15) is 8.42 Å². The molecule has 8 heteroatoms. The minimum atomic E-state index is -3.58. The number of sulfonamides is 1. The average Bonchev–Trinajstić information content (AvgIpc) is 2.37. The number of nitrogens with one attached hydrogen (secondary N) is 2. The second-order valence-electron chi connectivity index (χ2n) is 3.91. The summed E-state index contributed by atoms with van der Waals surface area (Å²) in [6.45, 7) is 2.38. The molecule has 6 nitrogen and oxygen atoms in total. The van der Waals surface area contributed by atoms with Crippen LogP contribution >= 0.6 is 11.8 Å². The van der Waals surface area contributed by atoms with Crippen LogP contribution in [0, 0.1) is 5.92 Å². The van der Waals surface area contributed by atoms with Gasteiger partial charge in [-0.25, -0.2) is 24.0 Å². The molecule has 1 heterocycles. The van der Waals surface area contributed by atoms with Gasteiger partial charge in [-0.05, 0) is 30.1 Å². The van der Waals surface area contributed by atoms with E-state index < -0.39 is 10.0 Å². The van der Waals surface area contributed by atoms with Crippen LogP contribution in [0.15, 0.2) is 23.2 Å². The number of anilines is 1. The monoisotopic (exact) mass is 290 g/mol. The second kappa shape index (κ2) is 6.93. The quantitative estimate of drug-likeness (QED) is 0.504. The van der Waals surface area contributed by atoms with E-state index in [0.717, 1.165) is 5.75 Å². The molecule has 0 bridgehead atoms. The van der Waals surface area contributed by atoms with Gasteiger partial charge in [-0.3, -0.25) is 0 Å². The van der Waals surface area contributed by atoms with Crippen molar-refractivity contribution >= 4 is 27.6 Å². The summed E-state index contributed by atoms with van der Waals surface area (Å²) in [6, 6.07) is 3.02. The predicted molar refractivity (Wildman–Crippen MR) is 74.8 cm³/mol. The molecule has 4 N–H and O–H groups in total. The first kappa shape index (κ1) is 15.2. The molecule has 102 valence electrons. The lowest BCUT2D eigenvalue weighted by molar-refractivity contribution is 0.562. The number of hydrogen-bond acceptors (Lipinski definition) is 6. The summed E-state index contributed by atoms with van der Waals surface area (Å²) in [4.78, 5) is 3.93. The first-order valence-electron chi connectivity index (χ1n) is 5.41. The highest BCUT2D eigenvalue weighted by Gasteiger charge is 2.19. The molecular weight excluding hydrogens is 272 g/mol. The molecule has 0 fully saturated rings. The third-order valence-corrected chi connectivity index (χ3v) is 4.63. The van der Waals surface area contributed by atoms with Gasteiger partial charge in [0.25, 0.3) is 0 Å². The highest BCUT2D eigenvalue weighted by molar-refractivity contribution is 7.98. The van der Waals surface area contributed by atoms with Gasteiger partial charge in [0.2, 0.25) is 10.0 Å². The Morgan fingerprint density at radius 1 is 1.56 bits per heavy atom. The van der Waals surface area contributed by atoms with Crippen LogP contribution < -0.4 is 16.0 Å². The molecule has 18 heavy (non-hydrogen) atoms. The second-order valence-corrected chi connectivity index (χ2v) is 6.55. The minimum Gasteiger partial charge on any atom is -0.307 e. The maximum Gasteiger partial charge on any atom is 0.244 e. The summed E-state index contributed by atoms with van der Waals surface area (Å²) in [6.07, 6.45) is 3.47. The van der Waals surface area contributed by atoms with Gasteiger partial charge in [0, 0.05) is 12.7 Å². The molecule has 0 saturated carbocycles. The van der Waals surface area contributed by atoms with Gasteiger partial charge >= 0.3 is 0 Å². The molecule has 1 unspecified atom stereocenters. The zero-order chi connectivity index (χ0) is 13.6. The summed E-state index contributed by atoms with van der Waals surface area (Å²) in [5.74, 6) is 6.55. The van der Waals surface area contributed by atoms with E-state index in [1.54, 1.807) is 17.8 Å². The Morgan fingerprint density at radius 3 is 2.89 bits per heavy atom. The van der Waals surface area contributed by atoms with Gasteiger partial charge in [-0.2, -0.15) is 11.8 Å². The van der Waals surface area contributed by atoms with E-state index in [-0.39, 0.29) is 16.6 Å². The molecule has 0 radical (unpaired) electrons. The van der Waals surface area contributed by atoms with Gasteiger partial charge in [0.05, 0.1) is 0 Å². The number of nitrogen functional groups attached to an aromatic ring is 1. The highest BCUT2D eigenvalue weighted by Crippen LogP contribution is 2.16. The molecular formula is C10H18N4O2S2. The van der Waals surface area contributed by atoms with Crippen LogP contribution in [0.1, 0.15) is 6.92 Å². The SMILES string of the molecule is CSCC(C)CNS(=O)(=O)c1cccnc1NN. The van der Waals surface area contributed by atoms with E-state index in [1.807, 2.05) is 13.2 Å². The van der Waals surface area contributed by atoms with E-state index in [4.69, 9.17) is 5.84 Å². The Morgan fingerprint density at radius 2 is 2.28 bits per heavy atom. The maximum atomic E-state index is 12.1. The van der Waals surface area contributed by atoms with Crippen molar-refractivity contribution < 1.29 is 8.42 Å². The minimum absolute atomic E-state index is 0.0591. The van der Waals surface area contributed by atoms with E-state index in [2.05, 4.69) is 15.1 Å². The zero-order valence-electron chi connectivity index (χ0n) is 10.4. The van der Waals surface area contributed by atoms with Crippen molar-refractivity contribution in [2.45, 2.75) is 11.8 Å². The number of aromatic nitrogens is 1. The van der Waals surface area contributed by atoms with Crippen molar-refractivity contribution in [3.8, 4) is 0 Å². The van der Waals surface area contributed by atoms with Gasteiger partial charge in [0.1, 0.15) is 4.90 Å². The Hall–Kier alpha value is -0.830. The van der Waals surface area contributed by atoms with Gasteiger partial charge in [-0.1, -0.05) is 6.92 Å². The zero-order valence-corrected chi connectivity index (χ0v) is 12.0. The Balaban J connectivity index is 2.80. The fourth-order valence-corrected chi connectivity index (χ4v) is 3.36. The van der Waals surface area contributed by atoms with Crippen molar-refractivity contribution in [3.05, 3.63) is 18.3 Å². The van der Waals surface area contributed by atoms with E-state index in [0.29, 0.717) is 6.54 Å². The molecule has 0 saturated heterocycles. The molecule has 0 aliphatic carbocycles. The molecule has 0 spiro atoms. The van der Waals surface area contributed by atoms with Gasteiger partial charge < -0.3 is 5.43 Å². The van der Waals surface area contributed by atoms with Crippen molar-refractivity contribution in [1.82, 2.24) is 9.71 Å². The van der Waals surface area contributed by atoms with Crippen LogP contribution in [0.25, 0.3) is 0 Å². The number of pyridine rings is 1. The first-order valence-corrected chi connectivity index (χ1v) is 8.29. The number of nitrogens with two attached hydrogens (primary N) is 1. The van der Waals surface area contributed by atoms with Crippen LogP contribution in [-0.4, -0.2) is 32.0 Å². The largest absolute Gasteiger partial charge is 0.307 e. The lowest BCUT2D eigenvalue weighted by atomic mass is 10.2. The average molecular weight is 290 g/mol. The fraction of sp³-hybridized carbons (Fsp3) is 0.500. The third-order valence-electron chi connectivity index (χ3n) is 2.27. The number of hydrogen-bond donors (Lipinski definition) is 3. The Bertz CT molecular complexity index is 479. The molecule has 0 aromatic carbocycles. The Labute approximate surface area is 112 Å². The number of rotatable bonds is 7. The van der Waals surface area contributed by atoms with Crippen LogP contribution in [0.3, 0.4) is 0 Å². The molecule has 0 aliphatic rings. The first-order chi connectivity index (χ1) is 8.51. The normalized spacial score (nSPS) is 13.3. The smallest absolute Gasteiger partial charge is 0.244 e. The van der Waals surface area contributed by atoms with Crippen LogP contribution in [0.5, 0.6) is 0 Å². The van der Waals surface area contributed by atoms with Crippen LogP contribution in [-0.2, 0) is 10.0 Å². The van der Waals surface area contributed by atoms with Crippen molar-refractivity contribution in [2.24, 2.45) is 11.8 Å². The molecule has 1 aromatic rings. The summed E-state index contributed by atoms with van der Waals surface area (Å²) in [7, 11) is -3.58. The van der Waals surface area contributed by atoms with E-state index >= 15 is 0 Å². The number of hydrazine groups is 1. The predicted octanol–water partition coefficient (Wildman–Crippen LogP) is 0.645. The molecule has 1 rings (SSSR count). The summed E-state index contributed by atoms with van der Waals surface area (Å²) in [5, 5.41) is 0.